The number of H-pyrrole nitrogens is 1. The molecule has 3 rings (SSSR count). The van der Waals surface area contributed by atoms with Crippen LogP contribution in [0.25, 0.3) is 10.9 Å². The van der Waals surface area contributed by atoms with Crippen molar-refractivity contribution in [3.05, 3.63) is 71.4 Å². The highest BCUT2D eigenvalue weighted by atomic mass is 16.1. The topological polar surface area (TPSA) is 44.9 Å². The minimum atomic E-state index is -0.0116. The molecule has 112 valence electrons. The van der Waals surface area contributed by atoms with E-state index in [1.165, 1.54) is 16.5 Å². The Hall–Kier alpha value is -2.55. The molecule has 0 unspecified atom stereocenters. The van der Waals surface area contributed by atoms with E-state index in [0.717, 1.165) is 23.9 Å². The van der Waals surface area contributed by atoms with Gasteiger partial charge in [-0.1, -0.05) is 37.3 Å². The van der Waals surface area contributed by atoms with Crippen molar-refractivity contribution < 1.29 is 4.79 Å². The third kappa shape index (κ3) is 3.03. The minimum absolute atomic E-state index is 0.0116. The number of fused-ring (bicyclic) bond motifs is 1. The van der Waals surface area contributed by atoms with E-state index >= 15 is 0 Å². The molecule has 0 saturated carbocycles. The van der Waals surface area contributed by atoms with Crippen molar-refractivity contribution in [2.75, 3.05) is 6.54 Å². The summed E-state index contributed by atoms with van der Waals surface area (Å²) in [5, 5.41) is 4.21. The number of carbonyl (C=O) groups is 1. The average molecular weight is 292 g/mol. The molecule has 1 heterocycles. The van der Waals surface area contributed by atoms with E-state index in [1.807, 2.05) is 42.6 Å². The van der Waals surface area contributed by atoms with Gasteiger partial charge in [-0.2, -0.15) is 0 Å². The number of hydrogen-bond acceptors (Lipinski definition) is 1. The number of hydrogen-bond donors (Lipinski definition) is 2. The number of carbonyl (C=O) groups excluding carboxylic acids is 1. The van der Waals surface area contributed by atoms with Crippen LogP contribution in [0, 0.1) is 0 Å². The Kier molecular flexibility index (Phi) is 4.24. The Labute approximate surface area is 130 Å². The Morgan fingerprint density at radius 2 is 1.86 bits per heavy atom. The lowest BCUT2D eigenvalue weighted by Gasteiger charge is -2.05. The quantitative estimate of drug-likeness (QED) is 0.740. The molecule has 22 heavy (non-hydrogen) atoms. The molecule has 0 saturated heterocycles. The molecule has 1 amide bonds. The lowest BCUT2D eigenvalue weighted by Crippen LogP contribution is -2.25. The summed E-state index contributed by atoms with van der Waals surface area (Å²) in [7, 11) is 0. The van der Waals surface area contributed by atoms with E-state index in [2.05, 4.69) is 29.4 Å². The largest absolute Gasteiger partial charge is 0.361 e. The zero-order valence-corrected chi connectivity index (χ0v) is 12.7. The summed E-state index contributed by atoms with van der Waals surface area (Å²) in [6.07, 6.45) is 3.83. The number of benzene rings is 2. The maximum atomic E-state index is 12.1. The summed E-state index contributed by atoms with van der Waals surface area (Å²) in [6, 6.07) is 16.0. The summed E-state index contributed by atoms with van der Waals surface area (Å²) in [5.41, 5.74) is 4.34. The fourth-order valence-electron chi connectivity index (χ4n) is 2.64. The van der Waals surface area contributed by atoms with Crippen LogP contribution in [0.2, 0.25) is 0 Å². The smallest absolute Gasteiger partial charge is 0.251 e. The van der Waals surface area contributed by atoms with Gasteiger partial charge >= 0.3 is 0 Å². The Bertz CT molecular complexity index is 771. The SMILES string of the molecule is CCc1ccc(C(=O)NCCc2c[nH]c3ccccc23)cc1. The second-order valence-electron chi connectivity index (χ2n) is 5.42. The predicted octanol–water partition coefficient (Wildman–Crippen LogP) is 3.70. The van der Waals surface area contributed by atoms with E-state index in [4.69, 9.17) is 0 Å². The summed E-state index contributed by atoms with van der Waals surface area (Å²) >= 11 is 0. The molecule has 0 fully saturated rings. The molecule has 0 aliphatic rings. The maximum Gasteiger partial charge on any atom is 0.251 e. The lowest BCUT2D eigenvalue weighted by atomic mass is 10.1. The normalized spacial score (nSPS) is 10.8. The minimum Gasteiger partial charge on any atom is -0.361 e. The van der Waals surface area contributed by atoms with Gasteiger partial charge in [0, 0.05) is 29.2 Å². The van der Waals surface area contributed by atoms with Crippen LogP contribution in [0.5, 0.6) is 0 Å². The molecule has 0 bridgehead atoms. The van der Waals surface area contributed by atoms with Gasteiger partial charge in [-0.25, -0.2) is 0 Å². The number of nitrogens with one attached hydrogen (secondary N) is 2. The van der Waals surface area contributed by atoms with Crippen molar-refractivity contribution in [3.63, 3.8) is 0 Å². The summed E-state index contributed by atoms with van der Waals surface area (Å²) in [5.74, 6) is -0.0116. The summed E-state index contributed by atoms with van der Waals surface area (Å²) in [6.45, 7) is 2.74. The highest BCUT2D eigenvalue weighted by Gasteiger charge is 2.06. The second kappa shape index (κ2) is 6.48. The number of aromatic nitrogens is 1. The van der Waals surface area contributed by atoms with E-state index in [9.17, 15) is 4.79 Å². The highest BCUT2D eigenvalue weighted by Crippen LogP contribution is 2.17. The van der Waals surface area contributed by atoms with Gasteiger partial charge in [0.1, 0.15) is 0 Å². The molecule has 1 aromatic heterocycles. The van der Waals surface area contributed by atoms with Gasteiger partial charge in [0.25, 0.3) is 5.91 Å². The van der Waals surface area contributed by atoms with Gasteiger partial charge in [-0.15, -0.1) is 0 Å². The number of amides is 1. The van der Waals surface area contributed by atoms with Gasteiger partial charge in [0.2, 0.25) is 0 Å². The molecule has 2 N–H and O–H groups in total. The van der Waals surface area contributed by atoms with Crippen molar-refractivity contribution in [1.29, 1.82) is 0 Å². The van der Waals surface area contributed by atoms with Crippen LogP contribution < -0.4 is 5.32 Å². The van der Waals surface area contributed by atoms with Crippen LogP contribution in [-0.4, -0.2) is 17.4 Å². The molecule has 3 aromatic rings. The Balaban J connectivity index is 1.59. The molecule has 0 radical (unpaired) electrons. The van der Waals surface area contributed by atoms with E-state index in [-0.39, 0.29) is 5.91 Å². The Morgan fingerprint density at radius 3 is 2.64 bits per heavy atom. The number of aromatic amines is 1. The van der Waals surface area contributed by atoms with Crippen LogP contribution >= 0.6 is 0 Å². The molecule has 3 nitrogen and oxygen atoms in total. The first kappa shape index (κ1) is 14.4. The first-order valence-corrected chi connectivity index (χ1v) is 7.70. The van der Waals surface area contributed by atoms with Crippen molar-refractivity contribution in [1.82, 2.24) is 10.3 Å². The number of para-hydroxylation sites is 1. The van der Waals surface area contributed by atoms with E-state index in [1.54, 1.807) is 0 Å². The molecule has 0 spiro atoms. The summed E-state index contributed by atoms with van der Waals surface area (Å²) in [4.78, 5) is 15.4. The highest BCUT2D eigenvalue weighted by molar-refractivity contribution is 5.94. The van der Waals surface area contributed by atoms with Crippen molar-refractivity contribution in [2.24, 2.45) is 0 Å². The molecule has 2 aromatic carbocycles. The fraction of sp³-hybridized carbons (Fsp3) is 0.211. The molecule has 0 aliphatic heterocycles. The van der Waals surface area contributed by atoms with Gasteiger partial charge in [0.15, 0.2) is 0 Å². The first-order valence-electron chi connectivity index (χ1n) is 7.70. The molecule has 0 aliphatic carbocycles. The van der Waals surface area contributed by atoms with Crippen molar-refractivity contribution in [3.8, 4) is 0 Å². The second-order valence-corrected chi connectivity index (χ2v) is 5.42. The molecule has 3 heteroatoms. The molecular weight excluding hydrogens is 272 g/mol. The van der Waals surface area contributed by atoms with Gasteiger partial charge < -0.3 is 10.3 Å². The van der Waals surface area contributed by atoms with Crippen LogP contribution in [0.15, 0.2) is 54.7 Å². The number of rotatable bonds is 5. The predicted molar refractivity (Wildman–Crippen MR) is 90.2 cm³/mol. The zero-order valence-electron chi connectivity index (χ0n) is 12.7. The first-order chi connectivity index (χ1) is 10.8. The van der Waals surface area contributed by atoms with Crippen molar-refractivity contribution >= 4 is 16.8 Å². The maximum absolute atomic E-state index is 12.1. The third-order valence-electron chi connectivity index (χ3n) is 3.98. The van der Waals surface area contributed by atoms with E-state index in [0.29, 0.717) is 6.54 Å². The number of aryl methyl sites for hydroxylation is 1. The van der Waals surface area contributed by atoms with Crippen LogP contribution in [0.1, 0.15) is 28.4 Å². The van der Waals surface area contributed by atoms with Crippen LogP contribution in [-0.2, 0) is 12.8 Å². The summed E-state index contributed by atoms with van der Waals surface area (Å²) < 4.78 is 0. The van der Waals surface area contributed by atoms with Gasteiger partial charge in [-0.05, 0) is 42.2 Å². The average Bonchev–Trinajstić information content (AvgIpc) is 2.98. The van der Waals surface area contributed by atoms with Crippen molar-refractivity contribution in [2.45, 2.75) is 19.8 Å². The van der Waals surface area contributed by atoms with Crippen LogP contribution in [0.4, 0.5) is 0 Å². The standard InChI is InChI=1S/C19H20N2O/c1-2-14-7-9-15(10-8-14)19(22)20-12-11-16-13-21-18-6-4-3-5-17(16)18/h3-10,13,21H,2,11-12H2,1H3,(H,20,22). The Morgan fingerprint density at radius 1 is 1.09 bits per heavy atom. The van der Waals surface area contributed by atoms with E-state index < -0.39 is 0 Å². The zero-order chi connectivity index (χ0) is 15.4. The fourth-order valence-corrected chi connectivity index (χ4v) is 2.64. The van der Waals surface area contributed by atoms with Gasteiger partial charge in [-0.3, -0.25) is 4.79 Å². The van der Waals surface area contributed by atoms with Gasteiger partial charge in [0.05, 0.1) is 0 Å². The molecule has 0 atom stereocenters. The lowest BCUT2D eigenvalue weighted by molar-refractivity contribution is 0.0954. The monoisotopic (exact) mass is 292 g/mol. The third-order valence-corrected chi connectivity index (χ3v) is 3.98. The molecular formula is C19H20N2O. The van der Waals surface area contributed by atoms with Crippen LogP contribution in [0.3, 0.4) is 0 Å².